The maximum atomic E-state index is 6.57. The Hall–Kier alpha value is -6.14. The van der Waals surface area contributed by atoms with Crippen molar-refractivity contribution in [1.82, 2.24) is 18.9 Å². The lowest BCUT2D eigenvalue weighted by molar-refractivity contribution is 0.484. The molecule has 0 saturated heterocycles. The highest BCUT2D eigenvalue weighted by Gasteiger charge is 2.20. The Morgan fingerprint density at radius 1 is 0.523 bits per heavy atom. The number of nitrogens with zero attached hydrogens (tertiary/aromatic N) is 4. The summed E-state index contributed by atoms with van der Waals surface area (Å²) >= 11 is 0. The average Bonchev–Trinajstić information content (AvgIpc) is 3.79. The number of benzene rings is 5. The first-order valence-corrected chi connectivity index (χ1v) is 14.6. The highest BCUT2D eigenvalue weighted by molar-refractivity contribution is 6.27. The molecule has 0 radical (unpaired) electrons. The number of aromatic nitrogens is 4. The van der Waals surface area contributed by atoms with Crippen LogP contribution in [0.2, 0.25) is 0 Å². The largest absolute Gasteiger partial charge is 0.457 e. The SMILES string of the molecule is c1ccc(-n2c3cc(Oc4ccc5c6ccccc6n6ccnc6c5c4)ccc3c3c4c(ccc32)oc2ccccc24)nc1. The van der Waals surface area contributed by atoms with Gasteiger partial charge in [-0.2, -0.15) is 0 Å². The lowest BCUT2D eigenvalue weighted by atomic mass is 10.1. The van der Waals surface area contributed by atoms with Crippen LogP contribution in [0.15, 0.2) is 138 Å². The molecule has 5 heterocycles. The van der Waals surface area contributed by atoms with Crippen molar-refractivity contribution < 1.29 is 9.15 Å². The molecule has 0 aliphatic rings. The summed E-state index contributed by atoms with van der Waals surface area (Å²) in [6.45, 7) is 0. The van der Waals surface area contributed by atoms with E-state index in [0.29, 0.717) is 0 Å². The van der Waals surface area contributed by atoms with Crippen molar-refractivity contribution in [2.24, 2.45) is 0 Å². The van der Waals surface area contributed by atoms with Gasteiger partial charge in [-0.1, -0.05) is 42.5 Å². The first-order valence-electron chi connectivity index (χ1n) is 14.6. The van der Waals surface area contributed by atoms with E-state index in [4.69, 9.17) is 14.1 Å². The van der Waals surface area contributed by atoms with Crippen molar-refractivity contribution in [2.75, 3.05) is 0 Å². The summed E-state index contributed by atoms with van der Waals surface area (Å²) in [7, 11) is 0. The van der Waals surface area contributed by atoms with Crippen LogP contribution >= 0.6 is 0 Å². The van der Waals surface area contributed by atoms with E-state index in [1.807, 2.05) is 61.1 Å². The molecule has 206 valence electrons. The fourth-order valence-corrected chi connectivity index (χ4v) is 6.85. The summed E-state index contributed by atoms with van der Waals surface area (Å²) in [6.07, 6.45) is 5.68. The fraction of sp³-hybridized carbons (Fsp3) is 0. The van der Waals surface area contributed by atoms with Crippen LogP contribution in [0, 0.1) is 0 Å². The molecule has 6 heteroatoms. The Kier molecular flexibility index (Phi) is 4.63. The molecular weight excluding hydrogens is 544 g/mol. The van der Waals surface area contributed by atoms with E-state index < -0.39 is 0 Å². The van der Waals surface area contributed by atoms with Crippen molar-refractivity contribution in [3.05, 3.63) is 134 Å². The van der Waals surface area contributed by atoms with Crippen LogP contribution in [0.5, 0.6) is 11.5 Å². The highest BCUT2D eigenvalue weighted by atomic mass is 16.5. The molecule has 0 aliphatic carbocycles. The topological polar surface area (TPSA) is 57.5 Å². The number of rotatable bonds is 3. The van der Waals surface area contributed by atoms with E-state index in [2.05, 4.69) is 86.7 Å². The Labute approximate surface area is 250 Å². The standard InChI is InChI=1S/C38H22N4O2/c1-3-9-30-26(7-1)25-14-12-23(21-29(25)38-40-19-20-41(30)38)43-24-13-15-27-32(22-24)42(35-11-5-6-18-39-35)31-16-17-34-37(36(27)31)28-8-2-4-10-33(28)44-34/h1-22H. The van der Waals surface area contributed by atoms with Crippen LogP contribution in [0.1, 0.15) is 0 Å². The van der Waals surface area contributed by atoms with Crippen LogP contribution in [-0.4, -0.2) is 18.9 Å². The summed E-state index contributed by atoms with van der Waals surface area (Å²) in [6, 6.07) is 39.4. The van der Waals surface area contributed by atoms with Gasteiger partial charge in [-0.3, -0.25) is 8.97 Å². The van der Waals surface area contributed by atoms with E-state index in [-0.39, 0.29) is 0 Å². The van der Waals surface area contributed by atoms with Crippen molar-refractivity contribution in [3.8, 4) is 17.3 Å². The Morgan fingerprint density at radius 2 is 1.34 bits per heavy atom. The van der Waals surface area contributed by atoms with Gasteiger partial charge < -0.3 is 9.15 Å². The molecule has 0 N–H and O–H groups in total. The Morgan fingerprint density at radius 3 is 2.25 bits per heavy atom. The van der Waals surface area contributed by atoms with E-state index in [9.17, 15) is 0 Å². The Balaban J connectivity index is 1.20. The van der Waals surface area contributed by atoms with Crippen molar-refractivity contribution in [2.45, 2.75) is 0 Å². The predicted octanol–water partition coefficient (Wildman–Crippen LogP) is 9.82. The third-order valence-electron chi connectivity index (χ3n) is 8.68. The van der Waals surface area contributed by atoms with Gasteiger partial charge in [-0.25, -0.2) is 9.97 Å². The summed E-state index contributed by atoms with van der Waals surface area (Å²) in [5.41, 5.74) is 5.86. The summed E-state index contributed by atoms with van der Waals surface area (Å²) in [5.74, 6) is 2.34. The normalized spacial score (nSPS) is 12.1. The van der Waals surface area contributed by atoms with Crippen LogP contribution in [0.25, 0.3) is 76.9 Å². The highest BCUT2D eigenvalue weighted by Crippen LogP contribution is 2.42. The number of fused-ring (bicyclic) bond motifs is 13. The van der Waals surface area contributed by atoms with Crippen LogP contribution < -0.4 is 4.74 Å². The van der Waals surface area contributed by atoms with E-state index in [1.165, 1.54) is 5.39 Å². The van der Waals surface area contributed by atoms with Crippen LogP contribution in [0.3, 0.4) is 0 Å². The van der Waals surface area contributed by atoms with E-state index >= 15 is 0 Å². The molecule has 0 bridgehead atoms. The smallest absolute Gasteiger partial charge is 0.145 e. The van der Waals surface area contributed by atoms with Gasteiger partial charge in [-0.05, 0) is 72.1 Å². The van der Waals surface area contributed by atoms with Gasteiger partial charge in [0, 0.05) is 57.0 Å². The summed E-state index contributed by atoms with van der Waals surface area (Å²) in [5, 5.41) is 7.83. The molecular formula is C38H22N4O2. The average molecular weight is 567 g/mol. The molecule has 0 amide bonds. The van der Waals surface area contributed by atoms with E-state index in [1.54, 1.807) is 0 Å². The van der Waals surface area contributed by atoms with Gasteiger partial charge in [-0.15, -0.1) is 0 Å². The zero-order valence-electron chi connectivity index (χ0n) is 23.3. The number of ether oxygens (including phenoxy) is 1. The van der Waals surface area contributed by atoms with E-state index in [0.717, 1.165) is 83.0 Å². The van der Waals surface area contributed by atoms with Gasteiger partial charge in [0.1, 0.15) is 34.1 Å². The quantitative estimate of drug-likeness (QED) is 0.200. The lowest BCUT2D eigenvalue weighted by Gasteiger charge is -2.11. The monoisotopic (exact) mass is 566 g/mol. The number of imidazole rings is 1. The second kappa shape index (κ2) is 8.69. The van der Waals surface area contributed by atoms with Gasteiger partial charge >= 0.3 is 0 Å². The fourth-order valence-electron chi connectivity index (χ4n) is 6.85. The third kappa shape index (κ3) is 3.19. The number of hydrogen-bond acceptors (Lipinski definition) is 4. The second-order valence-corrected chi connectivity index (χ2v) is 11.1. The maximum Gasteiger partial charge on any atom is 0.145 e. The zero-order valence-corrected chi connectivity index (χ0v) is 23.3. The molecule has 10 aromatic rings. The van der Waals surface area contributed by atoms with Crippen molar-refractivity contribution in [3.63, 3.8) is 0 Å². The summed E-state index contributed by atoms with van der Waals surface area (Å²) in [4.78, 5) is 9.42. The minimum absolute atomic E-state index is 0.741. The zero-order chi connectivity index (χ0) is 28.8. The van der Waals surface area contributed by atoms with Crippen LogP contribution in [0.4, 0.5) is 0 Å². The first-order chi connectivity index (χ1) is 21.8. The number of hydrogen-bond donors (Lipinski definition) is 0. The molecule has 0 fully saturated rings. The lowest BCUT2D eigenvalue weighted by Crippen LogP contribution is -1.96. The molecule has 44 heavy (non-hydrogen) atoms. The Bertz CT molecular complexity index is 2750. The first kappa shape index (κ1) is 23.4. The second-order valence-electron chi connectivity index (χ2n) is 11.1. The minimum Gasteiger partial charge on any atom is -0.457 e. The van der Waals surface area contributed by atoms with Gasteiger partial charge in [0.15, 0.2) is 0 Å². The molecule has 0 saturated carbocycles. The molecule has 0 unspecified atom stereocenters. The van der Waals surface area contributed by atoms with Gasteiger partial charge in [0.25, 0.3) is 0 Å². The summed E-state index contributed by atoms with van der Waals surface area (Å²) < 4.78 is 17.2. The molecule has 5 aromatic carbocycles. The number of para-hydroxylation sites is 2. The number of furan rings is 1. The molecule has 10 rings (SSSR count). The maximum absolute atomic E-state index is 6.57. The predicted molar refractivity (Wildman–Crippen MR) is 176 cm³/mol. The molecule has 0 aliphatic heterocycles. The molecule has 0 spiro atoms. The van der Waals surface area contributed by atoms with Crippen molar-refractivity contribution >= 4 is 71.1 Å². The van der Waals surface area contributed by atoms with Gasteiger partial charge in [0.05, 0.1) is 16.6 Å². The molecule has 5 aromatic heterocycles. The molecule has 0 atom stereocenters. The van der Waals surface area contributed by atoms with Crippen LogP contribution in [-0.2, 0) is 0 Å². The van der Waals surface area contributed by atoms with Crippen molar-refractivity contribution in [1.29, 1.82) is 0 Å². The minimum atomic E-state index is 0.741. The molecule has 6 nitrogen and oxygen atoms in total. The van der Waals surface area contributed by atoms with Gasteiger partial charge in [0.2, 0.25) is 0 Å². The number of pyridine rings is 2. The third-order valence-corrected chi connectivity index (χ3v) is 8.68.